The van der Waals surface area contributed by atoms with Crippen molar-refractivity contribution < 1.29 is 4.74 Å². The van der Waals surface area contributed by atoms with Crippen molar-refractivity contribution >= 4 is 31.9 Å². The summed E-state index contributed by atoms with van der Waals surface area (Å²) >= 11 is 6.92. The molecule has 4 heteroatoms. The van der Waals surface area contributed by atoms with Crippen LogP contribution in [0, 0.1) is 0 Å². The molecule has 2 aromatic carbocycles. The van der Waals surface area contributed by atoms with E-state index >= 15 is 0 Å². The Morgan fingerprint density at radius 1 is 1.11 bits per heavy atom. The number of halogens is 2. The minimum Gasteiger partial charge on any atom is -0.456 e. The molecule has 0 heterocycles. The maximum Gasteiger partial charge on any atom is 0.141 e. The van der Waals surface area contributed by atoms with Crippen LogP contribution in [0.25, 0.3) is 0 Å². The first-order valence-corrected chi connectivity index (χ1v) is 7.13. The summed E-state index contributed by atoms with van der Waals surface area (Å²) < 4.78 is 7.70. The maximum absolute atomic E-state index is 5.84. The van der Waals surface area contributed by atoms with Gasteiger partial charge in [0.25, 0.3) is 0 Å². The number of nitrogens with two attached hydrogens (primary N) is 1. The molecule has 2 rings (SSSR count). The van der Waals surface area contributed by atoms with Crippen LogP contribution in [-0.4, -0.2) is 0 Å². The van der Waals surface area contributed by atoms with E-state index in [2.05, 4.69) is 31.9 Å². The molecular weight excluding hydrogens is 358 g/mol. The highest BCUT2D eigenvalue weighted by Crippen LogP contribution is 2.32. The number of hydrogen-bond acceptors (Lipinski definition) is 2. The first-order valence-electron chi connectivity index (χ1n) is 5.54. The molecule has 1 atom stereocenters. The lowest BCUT2D eigenvalue weighted by atomic mass is 10.1. The van der Waals surface area contributed by atoms with Gasteiger partial charge in [0.1, 0.15) is 11.5 Å². The summed E-state index contributed by atoms with van der Waals surface area (Å²) in [6, 6.07) is 13.6. The van der Waals surface area contributed by atoms with Crippen molar-refractivity contribution in [3.05, 3.63) is 57.0 Å². The molecule has 0 aromatic heterocycles. The Hall–Kier alpha value is -0.840. The molecule has 1 unspecified atom stereocenters. The van der Waals surface area contributed by atoms with Crippen molar-refractivity contribution in [3.8, 4) is 11.5 Å². The molecule has 0 saturated carbocycles. The lowest BCUT2D eigenvalue weighted by molar-refractivity contribution is 0.479. The molecular formula is C14H13Br2NO. The van der Waals surface area contributed by atoms with Crippen LogP contribution in [0.15, 0.2) is 51.4 Å². The first kappa shape index (κ1) is 13.6. The fraction of sp³-hybridized carbons (Fsp3) is 0.143. The zero-order valence-electron chi connectivity index (χ0n) is 9.86. The van der Waals surface area contributed by atoms with Crippen molar-refractivity contribution in [1.82, 2.24) is 0 Å². The van der Waals surface area contributed by atoms with Crippen LogP contribution in [0.5, 0.6) is 11.5 Å². The molecule has 0 saturated heterocycles. The van der Waals surface area contributed by atoms with Crippen molar-refractivity contribution in [2.24, 2.45) is 5.73 Å². The van der Waals surface area contributed by atoms with Crippen molar-refractivity contribution in [2.45, 2.75) is 13.0 Å². The number of ether oxygens (including phenoxy) is 1. The van der Waals surface area contributed by atoms with Gasteiger partial charge in [-0.3, -0.25) is 0 Å². The van der Waals surface area contributed by atoms with Crippen LogP contribution in [0.2, 0.25) is 0 Å². The summed E-state index contributed by atoms with van der Waals surface area (Å²) in [7, 11) is 0. The lowest BCUT2D eigenvalue weighted by Crippen LogP contribution is -2.04. The van der Waals surface area contributed by atoms with E-state index < -0.39 is 0 Å². The second-order valence-corrected chi connectivity index (χ2v) is 5.81. The van der Waals surface area contributed by atoms with E-state index in [1.54, 1.807) is 0 Å². The zero-order valence-corrected chi connectivity index (χ0v) is 13.0. The molecule has 0 aliphatic rings. The number of benzene rings is 2. The summed E-state index contributed by atoms with van der Waals surface area (Å²) in [6.07, 6.45) is 0. The highest BCUT2D eigenvalue weighted by molar-refractivity contribution is 9.10. The molecule has 2 N–H and O–H groups in total. The summed E-state index contributed by atoms with van der Waals surface area (Å²) in [5.74, 6) is 1.57. The summed E-state index contributed by atoms with van der Waals surface area (Å²) in [5.41, 5.74) is 6.91. The van der Waals surface area contributed by atoms with E-state index in [1.165, 1.54) is 0 Å². The van der Waals surface area contributed by atoms with Crippen molar-refractivity contribution in [2.75, 3.05) is 0 Å². The van der Waals surface area contributed by atoms with E-state index in [0.29, 0.717) is 0 Å². The van der Waals surface area contributed by atoms with Crippen LogP contribution in [0.4, 0.5) is 0 Å². The monoisotopic (exact) mass is 369 g/mol. The van der Waals surface area contributed by atoms with Gasteiger partial charge in [-0.1, -0.05) is 28.1 Å². The SMILES string of the molecule is CC(N)c1ccc(Oc2cccc(Br)c2)c(Br)c1. The topological polar surface area (TPSA) is 35.2 Å². The quantitative estimate of drug-likeness (QED) is 0.822. The standard InChI is InChI=1S/C14H13Br2NO/c1-9(17)10-5-6-14(13(16)7-10)18-12-4-2-3-11(15)8-12/h2-9H,17H2,1H3. The van der Waals surface area contributed by atoms with Gasteiger partial charge in [0.2, 0.25) is 0 Å². The van der Waals surface area contributed by atoms with Gasteiger partial charge in [-0.15, -0.1) is 0 Å². The minimum absolute atomic E-state index is 0.0150. The van der Waals surface area contributed by atoms with E-state index in [-0.39, 0.29) is 6.04 Å². The van der Waals surface area contributed by atoms with E-state index in [9.17, 15) is 0 Å². The van der Waals surface area contributed by atoms with Crippen LogP contribution < -0.4 is 10.5 Å². The molecule has 18 heavy (non-hydrogen) atoms. The third-order valence-corrected chi connectivity index (χ3v) is 3.62. The lowest BCUT2D eigenvalue weighted by Gasteiger charge is -2.11. The first-order chi connectivity index (χ1) is 8.56. The van der Waals surface area contributed by atoms with Crippen LogP contribution >= 0.6 is 31.9 Å². The molecule has 0 bridgehead atoms. The molecule has 0 radical (unpaired) electrons. The van der Waals surface area contributed by atoms with Crippen LogP contribution in [0.1, 0.15) is 18.5 Å². The average Bonchev–Trinajstić information content (AvgIpc) is 2.31. The molecule has 0 amide bonds. The third-order valence-electron chi connectivity index (χ3n) is 2.51. The second kappa shape index (κ2) is 5.87. The van der Waals surface area contributed by atoms with Crippen LogP contribution in [0.3, 0.4) is 0 Å². The highest BCUT2D eigenvalue weighted by Gasteiger charge is 2.06. The molecule has 0 spiro atoms. The molecule has 94 valence electrons. The van der Waals surface area contributed by atoms with E-state index in [1.807, 2.05) is 49.4 Å². The second-order valence-electron chi connectivity index (χ2n) is 4.04. The Kier molecular flexibility index (Phi) is 4.43. The van der Waals surface area contributed by atoms with Gasteiger partial charge in [0.15, 0.2) is 0 Å². The Balaban J connectivity index is 2.24. The van der Waals surface area contributed by atoms with Gasteiger partial charge in [-0.25, -0.2) is 0 Å². The summed E-state index contributed by atoms with van der Waals surface area (Å²) in [6.45, 7) is 1.95. The minimum atomic E-state index is 0.0150. The summed E-state index contributed by atoms with van der Waals surface area (Å²) in [5, 5.41) is 0. The van der Waals surface area contributed by atoms with Gasteiger partial charge in [-0.2, -0.15) is 0 Å². The van der Waals surface area contributed by atoms with Crippen LogP contribution in [-0.2, 0) is 0 Å². The molecule has 2 nitrogen and oxygen atoms in total. The number of hydrogen-bond donors (Lipinski definition) is 1. The maximum atomic E-state index is 5.84. The Morgan fingerprint density at radius 2 is 1.89 bits per heavy atom. The third kappa shape index (κ3) is 3.34. The largest absolute Gasteiger partial charge is 0.456 e. The van der Waals surface area contributed by atoms with Gasteiger partial charge < -0.3 is 10.5 Å². The Morgan fingerprint density at radius 3 is 2.50 bits per heavy atom. The van der Waals surface area contributed by atoms with Gasteiger partial charge >= 0.3 is 0 Å². The van der Waals surface area contributed by atoms with Gasteiger partial charge in [-0.05, 0) is 58.7 Å². The fourth-order valence-corrected chi connectivity index (χ4v) is 2.40. The van der Waals surface area contributed by atoms with Gasteiger partial charge in [0, 0.05) is 10.5 Å². The van der Waals surface area contributed by atoms with E-state index in [0.717, 1.165) is 26.0 Å². The van der Waals surface area contributed by atoms with E-state index in [4.69, 9.17) is 10.5 Å². The smallest absolute Gasteiger partial charge is 0.141 e. The van der Waals surface area contributed by atoms with Crippen molar-refractivity contribution in [3.63, 3.8) is 0 Å². The molecule has 2 aromatic rings. The predicted molar refractivity (Wildman–Crippen MR) is 81.0 cm³/mol. The highest BCUT2D eigenvalue weighted by atomic mass is 79.9. The van der Waals surface area contributed by atoms with Crippen molar-refractivity contribution in [1.29, 1.82) is 0 Å². The Labute approximate surface area is 123 Å². The average molecular weight is 371 g/mol. The molecule has 0 aliphatic carbocycles. The molecule has 0 fully saturated rings. The fourth-order valence-electron chi connectivity index (χ4n) is 1.54. The Bertz CT molecular complexity index is 555. The van der Waals surface area contributed by atoms with Gasteiger partial charge in [0.05, 0.1) is 4.47 Å². The number of rotatable bonds is 3. The molecule has 0 aliphatic heterocycles. The normalized spacial score (nSPS) is 12.2. The predicted octanol–water partition coefficient (Wildman–Crippen LogP) is 5.02. The zero-order chi connectivity index (χ0) is 13.1. The summed E-state index contributed by atoms with van der Waals surface area (Å²) in [4.78, 5) is 0.